The number of nitrogens with one attached hydrogen (secondary N) is 1. The molecule has 0 aliphatic rings. The first kappa shape index (κ1) is 17.5. The third-order valence-electron chi connectivity index (χ3n) is 3.14. The number of amides is 1. The topological polar surface area (TPSA) is 38.3 Å². The van der Waals surface area contributed by atoms with Gasteiger partial charge in [0.15, 0.2) is 0 Å². The van der Waals surface area contributed by atoms with Gasteiger partial charge in [-0.2, -0.15) is 0 Å². The summed E-state index contributed by atoms with van der Waals surface area (Å²) in [6, 6.07) is 3.78. The van der Waals surface area contributed by atoms with E-state index >= 15 is 0 Å². The minimum absolute atomic E-state index is 0.365. The summed E-state index contributed by atoms with van der Waals surface area (Å²) in [7, 11) is 0. The predicted molar refractivity (Wildman–Crippen MR) is 92.4 cm³/mol. The zero-order valence-electron chi connectivity index (χ0n) is 12.9. The Balaban J connectivity index is 3.19. The van der Waals surface area contributed by atoms with Gasteiger partial charge in [0.25, 0.3) is 0 Å². The molecule has 0 aromatic heterocycles. The predicted octanol–water partition coefficient (Wildman–Crippen LogP) is 4.15. The normalized spacial score (nSPS) is 9.64. The first-order valence-electron chi connectivity index (χ1n) is 7.20. The van der Waals surface area contributed by atoms with E-state index in [-0.39, 0.29) is 0 Å². The highest BCUT2D eigenvalue weighted by Gasteiger charge is 2.14. The van der Waals surface area contributed by atoms with E-state index in [1.54, 1.807) is 12.2 Å². The second-order valence-corrected chi connectivity index (χ2v) is 4.72. The van der Waals surface area contributed by atoms with Gasteiger partial charge in [0.2, 0.25) is 0 Å². The molecule has 0 radical (unpaired) electrons. The summed E-state index contributed by atoms with van der Waals surface area (Å²) in [6.45, 7) is 15.3. The number of ether oxygens (including phenoxy) is 1. The number of hydrogen-bond donors (Lipinski definition) is 1. The number of carbonyl (C=O) groups is 1. The van der Waals surface area contributed by atoms with Crippen molar-refractivity contribution < 1.29 is 9.53 Å². The van der Waals surface area contributed by atoms with Crippen LogP contribution in [-0.2, 0) is 19.3 Å². The summed E-state index contributed by atoms with van der Waals surface area (Å²) in [5, 5.41) is 2.60. The van der Waals surface area contributed by atoms with Crippen molar-refractivity contribution in [2.24, 2.45) is 0 Å². The maximum absolute atomic E-state index is 11.8. The Bertz CT molecular complexity index is 573. The second-order valence-electron chi connectivity index (χ2n) is 4.72. The summed E-state index contributed by atoms with van der Waals surface area (Å²) in [4.78, 5) is 11.8. The molecule has 1 N–H and O–H groups in total. The summed E-state index contributed by atoms with van der Waals surface area (Å²) in [5.74, 6) is 0.547. The Hall–Kier alpha value is -2.55. The smallest absolute Gasteiger partial charge is 0.410 e. The van der Waals surface area contributed by atoms with Crippen LogP contribution in [-0.4, -0.2) is 12.6 Å². The van der Waals surface area contributed by atoms with Crippen molar-refractivity contribution >= 4 is 6.09 Å². The highest BCUT2D eigenvalue weighted by atomic mass is 16.6. The van der Waals surface area contributed by atoms with Crippen molar-refractivity contribution in [3.63, 3.8) is 0 Å². The second kappa shape index (κ2) is 9.40. The Kier molecular flexibility index (Phi) is 7.48. The van der Waals surface area contributed by atoms with E-state index in [1.807, 2.05) is 24.3 Å². The molecule has 3 nitrogen and oxygen atoms in total. The van der Waals surface area contributed by atoms with Crippen LogP contribution >= 0.6 is 0 Å². The number of carbonyl (C=O) groups excluding carboxylic acids is 1. The zero-order valence-corrected chi connectivity index (χ0v) is 12.9. The number of rotatable bonds is 9. The molecule has 116 valence electrons. The highest BCUT2D eigenvalue weighted by molar-refractivity contribution is 5.71. The maximum atomic E-state index is 11.8. The fraction of sp³-hybridized carbons (Fsp3) is 0.211. The molecule has 0 saturated heterocycles. The van der Waals surface area contributed by atoms with E-state index in [0.717, 1.165) is 23.1 Å². The highest BCUT2D eigenvalue weighted by Crippen LogP contribution is 2.28. The number of benzene rings is 1. The van der Waals surface area contributed by atoms with Crippen LogP contribution in [0.1, 0.15) is 16.7 Å². The van der Waals surface area contributed by atoms with Crippen LogP contribution in [0.15, 0.2) is 62.8 Å². The van der Waals surface area contributed by atoms with Crippen molar-refractivity contribution in [1.82, 2.24) is 5.32 Å². The molecular formula is C19H23NO2. The largest absolute Gasteiger partial charge is 0.412 e. The van der Waals surface area contributed by atoms with Crippen LogP contribution in [0.25, 0.3) is 0 Å². The van der Waals surface area contributed by atoms with Crippen molar-refractivity contribution in [2.45, 2.75) is 19.3 Å². The monoisotopic (exact) mass is 297 g/mol. The Labute approximate surface area is 132 Å². The molecule has 0 aliphatic carbocycles. The molecule has 0 atom stereocenters. The molecule has 1 aromatic rings. The summed E-state index contributed by atoms with van der Waals surface area (Å²) < 4.78 is 5.41. The van der Waals surface area contributed by atoms with E-state index < -0.39 is 6.09 Å². The quantitative estimate of drug-likeness (QED) is 0.695. The third kappa shape index (κ3) is 4.77. The van der Waals surface area contributed by atoms with Crippen molar-refractivity contribution in [3.05, 3.63) is 79.4 Å². The number of hydrogen-bond acceptors (Lipinski definition) is 2. The van der Waals surface area contributed by atoms with Crippen LogP contribution in [0.4, 0.5) is 4.79 Å². The molecule has 1 rings (SSSR count). The maximum Gasteiger partial charge on any atom is 0.412 e. The lowest BCUT2D eigenvalue weighted by Crippen LogP contribution is -2.27. The molecule has 1 aromatic carbocycles. The first-order valence-corrected chi connectivity index (χ1v) is 7.20. The molecule has 3 heteroatoms. The van der Waals surface area contributed by atoms with E-state index in [2.05, 4.69) is 31.6 Å². The van der Waals surface area contributed by atoms with Crippen LogP contribution < -0.4 is 10.1 Å². The average Bonchev–Trinajstić information content (AvgIpc) is 2.51. The Morgan fingerprint density at radius 1 is 0.955 bits per heavy atom. The van der Waals surface area contributed by atoms with Gasteiger partial charge in [-0.1, -0.05) is 30.4 Å². The molecule has 0 unspecified atom stereocenters. The lowest BCUT2D eigenvalue weighted by atomic mass is 9.93. The standard InChI is InChI=1S/C19H23NO2/c1-5-9-15-12-13-18(22-19(21)20-14-8-4)17(11-7-3)16(15)10-6-2/h5-8,12-13H,1-4,9-11,14H2,(H,20,21). The van der Waals surface area contributed by atoms with E-state index in [9.17, 15) is 4.79 Å². The van der Waals surface area contributed by atoms with Gasteiger partial charge in [0.1, 0.15) is 5.75 Å². The molecule has 0 bridgehead atoms. The van der Waals surface area contributed by atoms with Crippen LogP contribution in [0.5, 0.6) is 5.75 Å². The third-order valence-corrected chi connectivity index (χ3v) is 3.14. The van der Waals surface area contributed by atoms with E-state index in [0.29, 0.717) is 25.1 Å². The van der Waals surface area contributed by atoms with E-state index in [1.165, 1.54) is 0 Å². The SMILES string of the molecule is C=CCNC(=O)Oc1ccc(CC=C)c(CC=C)c1CC=C. The minimum atomic E-state index is -0.494. The minimum Gasteiger partial charge on any atom is -0.410 e. The molecule has 0 heterocycles. The Morgan fingerprint density at radius 2 is 1.59 bits per heavy atom. The van der Waals surface area contributed by atoms with Gasteiger partial charge in [0, 0.05) is 12.1 Å². The zero-order chi connectivity index (χ0) is 16.4. The average molecular weight is 297 g/mol. The molecule has 1 amide bonds. The Morgan fingerprint density at radius 3 is 2.18 bits per heavy atom. The molecule has 0 saturated carbocycles. The van der Waals surface area contributed by atoms with Gasteiger partial charge < -0.3 is 10.1 Å². The molecular weight excluding hydrogens is 274 g/mol. The van der Waals surface area contributed by atoms with Crippen LogP contribution in [0.2, 0.25) is 0 Å². The molecule has 0 fully saturated rings. The first-order chi connectivity index (χ1) is 10.7. The van der Waals surface area contributed by atoms with E-state index in [4.69, 9.17) is 4.74 Å². The number of allylic oxidation sites excluding steroid dienone is 3. The van der Waals surface area contributed by atoms with Crippen LogP contribution in [0, 0.1) is 0 Å². The van der Waals surface area contributed by atoms with Gasteiger partial charge >= 0.3 is 6.09 Å². The molecule has 0 aliphatic heterocycles. The lowest BCUT2D eigenvalue weighted by Gasteiger charge is -2.16. The summed E-state index contributed by atoms with van der Waals surface area (Å²) in [6.07, 6.45) is 8.70. The molecule has 0 spiro atoms. The fourth-order valence-corrected chi connectivity index (χ4v) is 2.22. The lowest BCUT2D eigenvalue weighted by molar-refractivity contribution is 0.201. The van der Waals surface area contributed by atoms with Crippen molar-refractivity contribution in [2.75, 3.05) is 6.54 Å². The van der Waals surface area contributed by atoms with Gasteiger partial charge in [-0.05, 0) is 36.5 Å². The summed E-state index contributed by atoms with van der Waals surface area (Å²) >= 11 is 0. The van der Waals surface area contributed by atoms with Gasteiger partial charge in [-0.15, -0.1) is 26.3 Å². The summed E-state index contributed by atoms with van der Waals surface area (Å²) in [5.41, 5.74) is 3.23. The van der Waals surface area contributed by atoms with Gasteiger partial charge in [-0.3, -0.25) is 0 Å². The van der Waals surface area contributed by atoms with Crippen LogP contribution in [0.3, 0.4) is 0 Å². The van der Waals surface area contributed by atoms with Gasteiger partial charge in [-0.25, -0.2) is 4.79 Å². The van der Waals surface area contributed by atoms with Crippen molar-refractivity contribution in [3.8, 4) is 5.75 Å². The molecule has 22 heavy (non-hydrogen) atoms. The fourth-order valence-electron chi connectivity index (χ4n) is 2.22. The van der Waals surface area contributed by atoms with Crippen molar-refractivity contribution in [1.29, 1.82) is 0 Å². The van der Waals surface area contributed by atoms with Gasteiger partial charge in [0.05, 0.1) is 0 Å².